The normalized spacial score (nSPS) is 10.6. The monoisotopic (exact) mass is 314 g/mol. The predicted octanol–water partition coefficient (Wildman–Crippen LogP) is 3.31. The number of hydrogen-bond donors (Lipinski definition) is 1. The number of ether oxygens (including phenoxy) is 3. The van der Waals surface area contributed by atoms with E-state index in [4.69, 9.17) is 14.2 Å². The largest absolute Gasteiger partial charge is 0.507 e. The summed E-state index contributed by atoms with van der Waals surface area (Å²) < 4.78 is 15.8. The van der Waals surface area contributed by atoms with Gasteiger partial charge in [-0.1, -0.05) is 18.2 Å². The number of benzene rings is 2. The van der Waals surface area contributed by atoms with Crippen LogP contribution in [0, 0.1) is 0 Å². The first-order valence-corrected chi connectivity index (χ1v) is 6.91. The minimum atomic E-state index is -0.295. The molecule has 0 saturated heterocycles. The van der Waals surface area contributed by atoms with Gasteiger partial charge in [0, 0.05) is 0 Å². The smallest absolute Gasteiger partial charge is 0.203 e. The maximum atomic E-state index is 12.1. The third kappa shape index (κ3) is 3.63. The quantitative estimate of drug-likeness (QED) is 0.654. The van der Waals surface area contributed by atoms with Gasteiger partial charge >= 0.3 is 0 Å². The van der Waals surface area contributed by atoms with E-state index >= 15 is 0 Å². The van der Waals surface area contributed by atoms with Crippen molar-refractivity contribution in [3.05, 3.63) is 53.6 Å². The van der Waals surface area contributed by atoms with E-state index in [1.807, 2.05) is 0 Å². The number of carbonyl (C=O) groups excluding carboxylic acids is 1. The summed E-state index contributed by atoms with van der Waals surface area (Å²) in [5.74, 6) is 1.14. The number of methoxy groups -OCH3 is 3. The average Bonchev–Trinajstić information content (AvgIpc) is 2.58. The maximum Gasteiger partial charge on any atom is 0.203 e. The van der Waals surface area contributed by atoms with Gasteiger partial charge in [-0.25, -0.2) is 0 Å². The number of allylic oxidation sites excluding steroid dienone is 1. The van der Waals surface area contributed by atoms with Crippen LogP contribution in [0.4, 0.5) is 0 Å². The summed E-state index contributed by atoms with van der Waals surface area (Å²) in [7, 11) is 4.58. The Morgan fingerprint density at radius 3 is 2.13 bits per heavy atom. The van der Waals surface area contributed by atoms with Crippen molar-refractivity contribution in [1.29, 1.82) is 0 Å². The topological polar surface area (TPSA) is 65.0 Å². The van der Waals surface area contributed by atoms with Gasteiger partial charge in [0.05, 0.1) is 26.9 Å². The first-order chi connectivity index (χ1) is 11.1. The number of aromatic hydroxyl groups is 1. The molecule has 0 bridgehead atoms. The van der Waals surface area contributed by atoms with Crippen molar-refractivity contribution in [1.82, 2.24) is 0 Å². The van der Waals surface area contributed by atoms with Crippen molar-refractivity contribution in [2.75, 3.05) is 21.3 Å². The van der Waals surface area contributed by atoms with Crippen molar-refractivity contribution in [3.63, 3.8) is 0 Å². The maximum absolute atomic E-state index is 12.1. The second kappa shape index (κ2) is 7.35. The number of carbonyl (C=O) groups is 1. The molecular weight excluding hydrogens is 296 g/mol. The molecular formula is C18H18O5. The first kappa shape index (κ1) is 16.4. The molecule has 2 aromatic rings. The highest BCUT2D eigenvalue weighted by atomic mass is 16.5. The zero-order valence-electron chi connectivity index (χ0n) is 13.2. The van der Waals surface area contributed by atoms with Crippen LogP contribution in [-0.2, 0) is 0 Å². The molecule has 120 valence electrons. The molecule has 2 aromatic carbocycles. The van der Waals surface area contributed by atoms with Gasteiger partial charge in [-0.05, 0) is 35.9 Å². The van der Waals surface area contributed by atoms with E-state index in [1.54, 1.807) is 36.4 Å². The summed E-state index contributed by atoms with van der Waals surface area (Å²) in [6.07, 6.45) is 3.01. The van der Waals surface area contributed by atoms with E-state index in [1.165, 1.54) is 33.5 Å². The number of para-hydroxylation sites is 1. The highest BCUT2D eigenvalue weighted by Crippen LogP contribution is 2.38. The standard InChI is InChI=1S/C18H18O5/c1-21-16-10-12(11-17(22-2)18(16)23-3)8-9-15(20)13-6-4-5-7-14(13)19/h4-11,19H,1-3H3. The van der Waals surface area contributed by atoms with Gasteiger partial charge in [-0.15, -0.1) is 0 Å². The van der Waals surface area contributed by atoms with Crippen LogP contribution in [0.2, 0.25) is 0 Å². The molecule has 0 aliphatic carbocycles. The number of hydrogen-bond acceptors (Lipinski definition) is 5. The van der Waals surface area contributed by atoms with E-state index in [9.17, 15) is 9.90 Å². The molecule has 1 N–H and O–H groups in total. The van der Waals surface area contributed by atoms with Gasteiger partial charge in [-0.2, -0.15) is 0 Å². The summed E-state index contributed by atoms with van der Waals surface area (Å²) in [6, 6.07) is 9.86. The van der Waals surface area contributed by atoms with E-state index in [0.29, 0.717) is 22.8 Å². The molecule has 0 fully saturated rings. The summed E-state index contributed by atoms with van der Waals surface area (Å²) in [4.78, 5) is 12.1. The zero-order chi connectivity index (χ0) is 16.8. The molecule has 0 amide bonds. The van der Waals surface area contributed by atoms with Crippen LogP contribution in [0.1, 0.15) is 15.9 Å². The average molecular weight is 314 g/mol. The highest BCUT2D eigenvalue weighted by Gasteiger charge is 2.12. The molecule has 5 nitrogen and oxygen atoms in total. The summed E-state index contributed by atoms with van der Waals surface area (Å²) >= 11 is 0. The molecule has 0 radical (unpaired) electrons. The Kier molecular flexibility index (Phi) is 5.25. The fraction of sp³-hybridized carbons (Fsp3) is 0.167. The fourth-order valence-electron chi connectivity index (χ4n) is 2.14. The Morgan fingerprint density at radius 2 is 1.61 bits per heavy atom. The molecule has 0 spiro atoms. The molecule has 23 heavy (non-hydrogen) atoms. The van der Waals surface area contributed by atoms with Crippen molar-refractivity contribution in [3.8, 4) is 23.0 Å². The van der Waals surface area contributed by atoms with Crippen molar-refractivity contribution in [2.24, 2.45) is 0 Å². The van der Waals surface area contributed by atoms with E-state index in [2.05, 4.69) is 0 Å². The van der Waals surface area contributed by atoms with Crippen molar-refractivity contribution in [2.45, 2.75) is 0 Å². The lowest BCUT2D eigenvalue weighted by Crippen LogP contribution is -1.96. The van der Waals surface area contributed by atoms with Crippen LogP contribution in [0.15, 0.2) is 42.5 Å². The zero-order valence-corrected chi connectivity index (χ0v) is 13.2. The molecule has 2 rings (SSSR count). The Morgan fingerprint density at radius 1 is 1.00 bits per heavy atom. The van der Waals surface area contributed by atoms with Gasteiger partial charge in [0.15, 0.2) is 17.3 Å². The molecule has 0 saturated carbocycles. The summed E-state index contributed by atoms with van der Waals surface area (Å²) in [6.45, 7) is 0. The van der Waals surface area contributed by atoms with Gasteiger partial charge in [0.1, 0.15) is 5.75 Å². The Balaban J connectivity index is 2.32. The van der Waals surface area contributed by atoms with Crippen LogP contribution in [0.5, 0.6) is 23.0 Å². The lowest BCUT2D eigenvalue weighted by molar-refractivity contribution is 0.104. The SMILES string of the molecule is COc1cc(C=CC(=O)c2ccccc2O)cc(OC)c1OC. The van der Waals surface area contributed by atoms with Crippen LogP contribution < -0.4 is 14.2 Å². The van der Waals surface area contributed by atoms with E-state index < -0.39 is 0 Å². The molecule has 0 aliphatic heterocycles. The Hall–Kier alpha value is -2.95. The first-order valence-electron chi connectivity index (χ1n) is 6.91. The van der Waals surface area contributed by atoms with Gasteiger partial charge < -0.3 is 19.3 Å². The molecule has 0 unspecified atom stereocenters. The van der Waals surface area contributed by atoms with E-state index in [0.717, 1.165) is 0 Å². The lowest BCUT2D eigenvalue weighted by atomic mass is 10.1. The van der Waals surface area contributed by atoms with E-state index in [-0.39, 0.29) is 17.1 Å². The lowest BCUT2D eigenvalue weighted by Gasteiger charge is -2.12. The van der Waals surface area contributed by atoms with Crippen molar-refractivity contribution < 1.29 is 24.1 Å². The predicted molar refractivity (Wildman–Crippen MR) is 87.6 cm³/mol. The van der Waals surface area contributed by atoms with Crippen LogP contribution >= 0.6 is 0 Å². The minimum absolute atomic E-state index is 0.0490. The molecule has 0 aromatic heterocycles. The number of ketones is 1. The Bertz CT molecular complexity index is 709. The fourth-order valence-corrected chi connectivity index (χ4v) is 2.14. The number of rotatable bonds is 6. The third-order valence-corrected chi connectivity index (χ3v) is 3.28. The van der Waals surface area contributed by atoms with Crippen LogP contribution in [-0.4, -0.2) is 32.2 Å². The van der Waals surface area contributed by atoms with Gasteiger partial charge in [0.25, 0.3) is 0 Å². The molecule has 0 heterocycles. The molecule has 5 heteroatoms. The minimum Gasteiger partial charge on any atom is -0.507 e. The van der Waals surface area contributed by atoms with Crippen molar-refractivity contribution >= 4 is 11.9 Å². The Labute approximate surface area is 134 Å². The molecule has 0 atom stereocenters. The number of phenolic OH excluding ortho intramolecular Hbond substituents is 1. The van der Waals surface area contributed by atoms with Gasteiger partial charge in [0.2, 0.25) is 5.75 Å². The molecule has 0 aliphatic rings. The highest BCUT2D eigenvalue weighted by molar-refractivity contribution is 6.08. The second-order valence-corrected chi connectivity index (χ2v) is 4.67. The second-order valence-electron chi connectivity index (χ2n) is 4.67. The summed E-state index contributed by atoms with van der Waals surface area (Å²) in [5, 5.41) is 9.70. The van der Waals surface area contributed by atoms with Crippen LogP contribution in [0.25, 0.3) is 6.08 Å². The summed E-state index contributed by atoms with van der Waals surface area (Å²) in [5.41, 5.74) is 0.958. The van der Waals surface area contributed by atoms with Gasteiger partial charge in [-0.3, -0.25) is 4.79 Å². The number of phenols is 1. The van der Waals surface area contributed by atoms with Crippen LogP contribution in [0.3, 0.4) is 0 Å². The third-order valence-electron chi connectivity index (χ3n) is 3.28.